The van der Waals surface area contributed by atoms with Gasteiger partial charge in [0.2, 0.25) is 0 Å². The van der Waals surface area contributed by atoms with E-state index in [4.69, 9.17) is 4.74 Å². The number of hydrogen-bond acceptors (Lipinski definition) is 4. The van der Waals surface area contributed by atoms with Gasteiger partial charge < -0.3 is 9.64 Å². The molecule has 3 aromatic rings. The number of hydrogen-bond donors (Lipinski definition) is 1. The lowest BCUT2D eigenvalue weighted by molar-refractivity contribution is 0.0773. The lowest BCUT2D eigenvalue weighted by atomic mass is 10.1. The smallest absolute Gasteiger partial charge is 0.261 e. The van der Waals surface area contributed by atoms with Crippen LogP contribution in [0.4, 0.5) is 10.1 Å². The zero-order valence-electron chi connectivity index (χ0n) is 18.1. The van der Waals surface area contributed by atoms with Crippen molar-refractivity contribution in [2.45, 2.75) is 18.7 Å². The summed E-state index contributed by atoms with van der Waals surface area (Å²) in [5.41, 5.74) is 2.72. The number of halogens is 1. The van der Waals surface area contributed by atoms with Gasteiger partial charge in [-0.1, -0.05) is 12.1 Å². The lowest BCUT2D eigenvalue weighted by Gasteiger charge is -2.18. The molecule has 0 atom stereocenters. The quantitative estimate of drug-likeness (QED) is 0.545. The summed E-state index contributed by atoms with van der Waals surface area (Å²) in [5.74, 6) is -0.100. The third kappa shape index (κ3) is 5.64. The summed E-state index contributed by atoms with van der Waals surface area (Å²) >= 11 is 0. The number of nitrogens with zero attached hydrogens (tertiary/aromatic N) is 1. The first-order valence-electron chi connectivity index (χ1n) is 10.0. The summed E-state index contributed by atoms with van der Waals surface area (Å²) < 4.78 is 46.5. The van der Waals surface area contributed by atoms with E-state index in [9.17, 15) is 17.6 Å². The molecule has 0 heterocycles. The molecular formula is C24H25FN2O4S. The van der Waals surface area contributed by atoms with Crippen LogP contribution >= 0.6 is 0 Å². The van der Waals surface area contributed by atoms with Crippen LogP contribution < -0.4 is 9.46 Å². The Labute approximate surface area is 187 Å². The molecule has 0 aliphatic carbocycles. The van der Waals surface area contributed by atoms with Gasteiger partial charge in [0.15, 0.2) is 0 Å². The first-order chi connectivity index (χ1) is 15.2. The third-order valence-corrected chi connectivity index (χ3v) is 6.50. The van der Waals surface area contributed by atoms with Crippen molar-refractivity contribution in [1.29, 1.82) is 0 Å². The second kappa shape index (κ2) is 9.82. The highest BCUT2D eigenvalue weighted by Gasteiger charge is 2.18. The van der Waals surface area contributed by atoms with Crippen molar-refractivity contribution in [1.82, 2.24) is 4.90 Å². The van der Waals surface area contributed by atoms with E-state index in [2.05, 4.69) is 4.72 Å². The Hall–Kier alpha value is -3.39. The van der Waals surface area contributed by atoms with E-state index in [0.29, 0.717) is 23.5 Å². The summed E-state index contributed by atoms with van der Waals surface area (Å²) in [6.45, 7) is 4.31. The molecule has 1 N–H and O–H groups in total. The topological polar surface area (TPSA) is 75.7 Å². The van der Waals surface area contributed by atoms with Gasteiger partial charge in [-0.2, -0.15) is 0 Å². The number of nitrogens with one attached hydrogen (secondary N) is 1. The highest BCUT2D eigenvalue weighted by Crippen LogP contribution is 2.22. The van der Waals surface area contributed by atoms with Crippen LogP contribution in [-0.2, 0) is 10.0 Å². The van der Waals surface area contributed by atoms with Crippen molar-refractivity contribution in [2.75, 3.05) is 24.9 Å². The summed E-state index contributed by atoms with van der Waals surface area (Å²) in [5, 5.41) is 0. The standard InChI is InChI=1S/C24H25FN2O4S/c1-17-5-4-6-23(18(17)2)26-32(29,30)22-13-7-19(8-14-22)24(28)27(3)15-16-31-21-11-9-20(25)10-12-21/h4-14,26H,15-16H2,1-3H3. The Bertz CT molecular complexity index is 1190. The third-order valence-electron chi connectivity index (χ3n) is 5.12. The summed E-state index contributed by atoms with van der Waals surface area (Å²) in [7, 11) is -2.16. The lowest BCUT2D eigenvalue weighted by Crippen LogP contribution is -2.30. The van der Waals surface area contributed by atoms with E-state index in [1.165, 1.54) is 53.4 Å². The molecule has 0 bridgehead atoms. The number of carbonyl (C=O) groups excluding carboxylic acids is 1. The Morgan fingerprint density at radius 1 is 1.00 bits per heavy atom. The molecule has 0 spiro atoms. The number of carbonyl (C=O) groups is 1. The first-order valence-corrected chi connectivity index (χ1v) is 11.5. The van der Waals surface area contributed by atoms with Crippen molar-refractivity contribution >= 4 is 21.6 Å². The van der Waals surface area contributed by atoms with E-state index in [1.54, 1.807) is 19.2 Å². The molecule has 0 aliphatic rings. The number of aryl methyl sites for hydroxylation is 1. The maximum absolute atomic E-state index is 12.9. The predicted molar refractivity (Wildman–Crippen MR) is 122 cm³/mol. The fourth-order valence-corrected chi connectivity index (χ4v) is 4.12. The van der Waals surface area contributed by atoms with E-state index in [1.807, 2.05) is 19.9 Å². The van der Waals surface area contributed by atoms with Crippen molar-refractivity contribution < 1.29 is 22.3 Å². The molecule has 8 heteroatoms. The normalized spacial score (nSPS) is 11.1. The number of likely N-dealkylation sites (N-methyl/N-ethyl adjacent to an activating group) is 1. The fourth-order valence-electron chi connectivity index (χ4n) is 3.00. The van der Waals surface area contributed by atoms with Crippen molar-refractivity contribution in [3.8, 4) is 5.75 Å². The Morgan fingerprint density at radius 3 is 2.31 bits per heavy atom. The van der Waals surface area contributed by atoms with Crippen LogP contribution in [0.1, 0.15) is 21.5 Å². The maximum Gasteiger partial charge on any atom is 0.261 e. The predicted octanol–water partition coefficient (Wildman–Crippen LogP) is 4.39. The second-order valence-electron chi connectivity index (χ2n) is 7.41. The Balaban J connectivity index is 1.61. The van der Waals surface area contributed by atoms with Gasteiger partial charge in [-0.05, 0) is 79.6 Å². The monoisotopic (exact) mass is 456 g/mol. The van der Waals surface area contributed by atoms with Crippen molar-refractivity contribution in [3.05, 3.63) is 89.2 Å². The number of rotatable bonds is 8. The molecule has 0 saturated carbocycles. The van der Waals surface area contributed by atoms with Gasteiger partial charge in [0.25, 0.3) is 15.9 Å². The number of amides is 1. The molecule has 0 saturated heterocycles. The molecule has 3 rings (SSSR count). The van der Waals surface area contributed by atoms with Crippen LogP contribution in [0.2, 0.25) is 0 Å². The number of anilines is 1. The molecule has 32 heavy (non-hydrogen) atoms. The van der Waals surface area contributed by atoms with Crippen LogP contribution in [0.5, 0.6) is 5.75 Å². The van der Waals surface area contributed by atoms with Gasteiger partial charge in [0.05, 0.1) is 17.1 Å². The number of sulfonamides is 1. The molecule has 6 nitrogen and oxygen atoms in total. The van der Waals surface area contributed by atoms with Crippen LogP contribution in [0.15, 0.2) is 71.6 Å². The molecule has 0 radical (unpaired) electrons. The minimum atomic E-state index is -3.78. The largest absolute Gasteiger partial charge is 0.492 e. The van der Waals surface area contributed by atoms with Crippen molar-refractivity contribution in [2.24, 2.45) is 0 Å². The first kappa shape index (κ1) is 23.3. The average molecular weight is 457 g/mol. The second-order valence-corrected chi connectivity index (χ2v) is 9.09. The number of benzene rings is 3. The number of ether oxygens (including phenoxy) is 1. The van der Waals surface area contributed by atoms with Gasteiger partial charge in [-0.25, -0.2) is 12.8 Å². The highest BCUT2D eigenvalue weighted by atomic mass is 32.2. The van der Waals surface area contributed by atoms with Crippen molar-refractivity contribution in [3.63, 3.8) is 0 Å². The molecule has 0 aromatic heterocycles. The van der Waals surface area contributed by atoms with Gasteiger partial charge in [-0.3, -0.25) is 9.52 Å². The Morgan fingerprint density at radius 2 is 1.66 bits per heavy atom. The van der Waals surface area contributed by atoms with Crippen LogP contribution in [0.25, 0.3) is 0 Å². The Kier molecular flexibility index (Phi) is 7.15. The van der Waals surface area contributed by atoms with E-state index in [-0.39, 0.29) is 23.2 Å². The van der Waals surface area contributed by atoms with Gasteiger partial charge in [-0.15, -0.1) is 0 Å². The SMILES string of the molecule is Cc1cccc(NS(=O)(=O)c2ccc(C(=O)N(C)CCOc3ccc(F)cc3)cc2)c1C. The summed E-state index contributed by atoms with van der Waals surface area (Å²) in [6.07, 6.45) is 0. The van der Waals surface area contributed by atoms with E-state index < -0.39 is 10.0 Å². The minimum absolute atomic E-state index is 0.0669. The van der Waals surface area contributed by atoms with Gasteiger partial charge in [0.1, 0.15) is 18.2 Å². The average Bonchev–Trinajstić information content (AvgIpc) is 2.77. The zero-order chi connectivity index (χ0) is 23.3. The molecule has 1 amide bonds. The van der Waals surface area contributed by atoms with Crippen LogP contribution in [-0.4, -0.2) is 39.4 Å². The summed E-state index contributed by atoms with van der Waals surface area (Å²) in [6, 6.07) is 16.8. The zero-order valence-corrected chi connectivity index (χ0v) is 18.9. The highest BCUT2D eigenvalue weighted by molar-refractivity contribution is 7.92. The van der Waals surface area contributed by atoms with E-state index in [0.717, 1.165) is 11.1 Å². The minimum Gasteiger partial charge on any atom is -0.492 e. The fraction of sp³-hybridized carbons (Fsp3) is 0.208. The van der Waals surface area contributed by atoms with Gasteiger partial charge in [0, 0.05) is 12.6 Å². The molecule has 0 aliphatic heterocycles. The van der Waals surface area contributed by atoms with Gasteiger partial charge >= 0.3 is 0 Å². The molecule has 0 unspecified atom stereocenters. The van der Waals surface area contributed by atoms with E-state index >= 15 is 0 Å². The van der Waals surface area contributed by atoms with Crippen LogP contribution in [0, 0.1) is 19.7 Å². The molecule has 3 aromatic carbocycles. The molecule has 168 valence electrons. The molecule has 0 fully saturated rings. The van der Waals surface area contributed by atoms with Crippen LogP contribution in [0.3, 0.4) is 0 Å². The molecular weight excluding hydrogens is 431 g/mol. The maximum atomic E-state index is 12.9. The summed E-state index contributed by atoms with van der Waals surface area (Å²) in [4.78, 5) is 14.2.